The molecule has 3 N–H and O–H groups in total. The van der Waals surface area contributed by atoms with Crippen LogP contribution in [0.2, 0.25) is 0 Å². The number of carbonyl (C=O) groups excluding carboxylic acids is 1. The summed E-state index contributed by atoms with van der Waals surface area (Å²) in [6.07, 6.45) is 2.04. The van der Waals surface area contributed by atoms with Gasteiger partial charge in [-0.2, -0.15) is 0 Å². The molecule has 0 saturated heterocycles. The van der Waals surface area contributed by atoms with Crippen LogP contribution in [0.1, 0.15) is 35.5 Å². The Morgan fingerprint density at radius 3 is 2.67 bits per heavy atom. The normalized spacial score (nSPS) is 11.7. The third-order valence-electron chi connectivity index (χ3n) is 3.38. The Balaban J connectivity index is 1.94. The van der Waals surface area contributed by atoms with Crippen LogP contribution in [-0.2, 0) is 16.4 Å². The molecule has 6 nitrogen and oxygen atoms in total. The molecule has 7 heteroatoms. The summed E-state index contributed by atoms with van der Waals surface area (Å²) < 4.78 is 26.6. The first kappa shape index (κ1) is 18.2. The van der Waals surface area contributed by atoms with Crippen LogP contribution < -0.4 is 10.0 Å². The second kappa shape index (κ2) is 7.63. The van der Waals surface area contributed by atoms with Gasteiger partial charge in [-0.1, -0.05) is 29.8 Å². The fourth-order valence-corrected chi connectivity index (χ4v) is 3.57. The first-order valence-corrected chi connectivity index (χ1v) is 9.31. The zero-order chi connectivity index (χ0) is 17.7. The predicted molar refractivity (Wildman–Crippen MR) is 93.5 cm³/mol. The monoisotopic (exact) mass is 349 g/mol. The number of aromatic nitrogens is 1. The lowest BCUT2D eigenvalue weighted by atomic mass is 10.1. The molecule has 2 aromatic rings. The van der Waals surface area contributed by atoms with Gasteiger partial charge in [0.25, 0.3) is 5.91 Å². The molecule has 0 aliphatic rings. The van der Waals surface area contributed by atoms with Gasteiger partial charge in [0.1, 0.15) is 10.6 Å². The summed E-state index contributed by atoms with van der Waals surface area (Å²) in [6, 6.07) is 9.22. The summed E-state index contributed by atoms with van der Waals surface area (Å²) in [7, 11) is -3.60. The fraction of sp³-hybridized carbons (Fsp3) is 0.353. The van der Waals surface area contributed by atoms with Gasteiger partial charge in [0, 0.05) is 18.8 Å². The topological polar surface area (TPSA) is 91.1 Å². The van der Waals surface area contributed by atoms with Gasteiger partial charge in [-0.3, -0.25) is 4.79 Å². The van der Waals surface area contributed by atoms with E-state index in [4.69, 9.17) is 0 Å². The molecule has 0 bridgehead atoms. The number of sulfonamides is 1. The maximum absolute atomic E-state index is 12.1. The fourth-order valence-electron chi connectivity index (χ4n) is 2.32. The quantitative estimate of drug-likeness (QED) is 0.714. The lowest BCUT2D eigenvalue weighted by Gasteiger charge is -2.07. The molecule has 0 spiro atoms. The van der Waals surface area contributed by atoms with Crippen LogP contribution in [0.25, 0.3) is 0 Å². The van der Waals surface area contributed by atoms with E-state index in [-0.39, 0.29) is 22.5 Å². The SMILES string of the molecule is Cc1cccc(CCNC(=O)c2cc(S(=O)(=O)NC(C)C)c[nH]2)c1. The van der Waals surface area contributed by atoms with Crippen molar-refractivity contribution in [2.75, 3.05) is 6.54 Å². The molecule has 130 valence electrons. The van der Waals surface area contributed by atoms with Crippen LogP contribution in [-0.4, -0.2) is 31.9 Å². The summed E-state index contributed by atoms with van der Waals surface area (Å²) in [5.41, 5.74) is 2.55. The molecule has 1 aromatic heterocycles. The van der Waals surface area contributed by atoms with Gasteiger partial charge < -0.3 is 10.3 Å². The van der Waals surface area contributed by atoms with Gasteiger partial charge in [0.2, 0.25) is 10.0 Å². The summed E-state index contributed by atoms with van der Waals surface area (Å²) in [5, 5.41) is 2.79. The van der Waals surface area contributed by atoms with Crippen LogP contribution in [0.5, 0.6) is 0 Å². The molecular weight excluding hydrogens is 326 g/mol. The second-order valence-corrected chi connectivity index (χ2v) is 7.73. The van der Waals surface area contributed by atoms with Crippen molar-refractivity contribution in [3.8, 4) is 0 Å². The lowest BCUT2D eigenvalue weighted by Crippen LogP contribution is -2.30. The maximum Gasteiger partial charge on any atom is 0.267 e. The van der Waals surface area contributed by atoms with Crippen molar-refractivity contribution < 1.29 is 13.2 Å². The minimum atomic E-state index is -3.60. The molecule has 0 saturated carbocycles. The number of nitrogens with one attached hydrogen (secondary N) is 3. The molecule has 0 atom stereocenters. The van der Waals surface area contributed by atoms with Crippen molar-refractivity contribution >= 4 is 15.9 Å². The van der Waals surface area contributed by atoms with Crippen molar-refractivity contribution in [2.24, 2.45) is 0 Å². The predicted octanol–water partition coefficient (Wildman–Crippen LogP) is 1.98. The van der Waals surface area contributed by atoms with E-state index in [0.717, 1.165) is 5.56 Å². The van der Waals surface area contributed by atoms with Crippen LogP contribution in [0.4, 0.5) is 0 Å². The average Bonchev–Trinajstić information content (AvgIpc) is 2.96. The van der Waals surface area contributed by atoms with Crippen molar-refractivity contribution in [2.45, 2.75) is 38.1 Å². The molecular formula is C17H23N3O3S. The Morgan fingerprint density at radius 1 is 1.25 bits per heavy atom. The van der Waals surface area contributed by atoms with Crippen molar-refractivity contribution in [1.29, 1.82) is 0 Å². The molecule has 0 radical (unpaired) electrons. The number of amides is 1. The highest BCUT2D eigenvalue weighted by molar-refractivity contribution is 7.89. The van der Waals surface area contributed by atoms with E-state index in [2.05, 4.69) is 21.1 Å². The molecule has 0 fully saturated rings. The van der Waals surface area contributed by atoms with Gasteiger partial charge in [-0.15, -0.1) is 0 Å². The van der Waals surface area contributed by atoms with Crippen LogP contribution in [0.15, 0.2) is 41.4 Å². The number of benzene rings is 1. The van der Waals surface area contributed by atoms with E-state index in [9.17, 15) is 13.2 Å². The standard InChI is InChI=1S/C17H23N3O3S/c1-12(2)20-24(22,23)15-10-16(19-11-15)17(21)18-8-7-14-6-4-5-13(3)9-14/h4-6,9-12,19-20H,7-8H2,1-3H3,(H,18,21). The van der Waals surface area contributed by atoms with E-state index in [0.29, 0.717) is 13.0 Å². The molecule has 1 heterocycles. The number of aromatic amines is 1. The van der Waals surface area contributed by atoms with Gasteiger partial charge in [0.15, 0.2) is 0 Å². The van der Waals surface area contributed by atoms with Gasteiger partial charge >= 0.3 is 0 Å². The Bertz CT molecular complexity index is 810. The molecule has 2 rings (SSSR count). The molecule has 0 aliphatic heterocycles. The zero-order valence-corrected chi connectivity index (χ0v) is 14.9. The van der Waals surface area contributed by atoms with Crippen molar-refractivity contribution in [1.82, 2.24) is 15.0 Å². The first-order valence-electron chi connectivity index (χ1n) is 7.82. The molecule has 0 unspecified atom stereocenters. The first-order chi connectivity index (χ1) is 11.3. The maximum atomic E-state index is 12.1. The smallest absolute Gasteiger partial charge is 0.267 e. The molecule has 24 heavy (non-hydrogen) atoms. The molecule has 1 amide bonds. The summed E-state index contributed by atoms with van der Waals surface area (Å²) in [6.45, 7) is 5.98. The minimum Gasteiger partial charge on any atom is -0.356 e. The summed E-state index contributed by atoms with van der Waals surface area (Å²) in [4.78, 5) is 14.9. The number of hydrogen-bond donors (Lipinski definition) is 3. The third-order valence-corrected chi connectivity index (χ3v) is 5.02. The summed E-state index contributed by atoms with van der Waals surface area (Å²) in [5.74, 6) is -0.325. The Kier molecular flexibility index (Phi) is 5.80. The molecule has 1 aromatic carbocycles. The molecule has 0 aliphatic carbocycles. The van der Waals surface area contributed by atoms with E-state index in [1.165, 1.54) is 17.8 Å². The van der Waals surface area contributed by atoms with E-state index >= 15 is 0 Å². The van der Waals surface area contributed by atoms with Crippen molar-refractivity contribution in [3.63, 3.8) is 0 Å². The van der Waals surface area contributed by atoms with Gasteiger partial charge in [-0.05, 0) is 38.8 Å². The van der Waals surface area contributed by atoms with Crippen LogP contribution >= 0.6 is 0 Å². The number of rotatable bonds is 7. The second-order valence-electron chi connectivity index (χ2n) is 6.02. The average molecular weight is 349 g/mol. The zero-order valence-electron chi connectivity index (χ0n) is 14.1. The van der Waals surface area contributed by atoms with Gasteiger partial charge in [0.05, 0.1) is 0 Å². The lowest BCUT2D eigenvalue weighted by molar-refractivity contribution is 0.0949. The highest BCUT2D eigenvalue weighted by atomic mass is 32.2. The Morgan fingerprint density at radius 2 is 2.00 bits per heavy atom. The summed E-state index contributed by atoms with van der Waals surface area (Å²) >= 11 is 0. The minimum absolute atomic E-state index is 0.0556. The largest absolute Gasteiger partial charge is 0.356 e. The van der Waals surface area contributed by atoms with E-state index in [1.54, 1.807) is 13.8 Å². The number of carbonyl (C=O) groups is 1. The third kappa shape index (κ3) is 4.94. The van der Waals surface area contributed by atoms with Crippen LogP contribution in [0, 0.1) is 6.92 Å². The van der Waals surface area contributed by atoms with Crippen LogP contribution in [0.3, 0.4) is 0 Å². The van der Waals surface area contributed by atoms with Gasteiger partial charge in [-0.25, -0.2) is 13.1 Å². The number of aryl methyl sites for hydroxylation is 1. The van der Waals surface area contributed by atoms with Crippen molar-refractivity contribution in [3.05, 3.63) is 53.3 Å². The highest BCUT2D eigenvalue weighted by Crippen LogP contribution is 2.11. The highest BCUT2D eigenvalue weighted by Gasteiger charge is 2.19. The van der Waals surface area contributed by atoms with E-state index in [1.807, 2.05) is 25.1 Å². The van der Waals surface area contributed by atoms with E-state index < -0.39 is 10.0 Å². The Hall–Kier alpha value is -2.12. The Labute approximate surface area is 142 Å². The number of H-pyrrole nitrogens is 1. The number of hydrogen-bond acceptors (Lipinski definition) is 3.